The van der Waals surface area contributed by atoms with Gasteiger partial charge in [0, 0.05) is 37.4 Å². The standard InChI is InChI=1S/C18H20ClN5OS/c1-11-14(19)3-4-15-16(11)22-18(26-15)24-7-5-13(6-8-24)21-17(25)12-9-20-23(2)10-12/h3-4,9-10,13H,5-8H2,1-2H3,(H,21,25). The van der Waals surface area contributed by atoms with Crippen LogP contribution in [0.5, 0.6) is 0 Å². The number of nitrogens with zero attached hydrogens (tertiary/aromatic N) is 4. The molecule has 0 radical (unpaired) electrons. The predicted octanol–water partition coefficient (Wildman–Crippen LogP) is 3.39. The van der Waals surface area contributed by atoms with Gasteiger partial charge in [-0.3, -0.25) is 9.48 Å². The molecule has 3 heterocycles. The highest BCUT2D eigenvalue weighted by Gasteiger charge is 2.24. The van der Waals surface area contributed by atoms with Gasteiger partial charge in [-0.25, -0.2) is 4.98 Å². The maximum absolute atomic E-state index is 12.3. The Bertz CT molecular complexity index is 958. The molecule has 1 N–H and O–H groups in total. The topological polar surface area (TPSA) is 63.1 Å². The summed E-state index contributed by atoms with van der Waals surface area (Å²) in [4.78, 5) is 19.4. The van der Waals surface area contributed by atoms with Crippen LogP contribution in [0.25, 0.3) is 10.2 Å². The van der Waals surface area contributed by atoms with Crippen molar-refractivity contribution in [2.24, 2.45) is 7.05 Å². The maximum Gasteiger partial charge on any atom is 0.254 e. The second-order valence-corrected chi connectivity index (χ2v) is 8.07. The third kappa shape index (κ3) is 3.29. The zero-order valence-electron chi connectivity index (χ0n) is 14.7. The van der Waals surface area contributed by atoms with Crippen LogP contribution >= 0.6 is 22.9 Å². The van der Waals surface area contributed by atoms with Gasteiger partial charge >= 0.3 is 0 Å². The molecular weight excluding hydrogens is 370 g/mol. The van der Waals surface area contributed by atoms with Gasteiger partial charge in [-0.2, -0.15) is 5.10 Å². The molecule has 136 valence electrons. The van der Waals surface area contributed by atoms with Crippen LogP contribution in [0.15, 0.2) is 24.5 Å². The summed E-state index contributed by atoms with van der Waals surface area (Å²) in [6.07, 6.45) is 5.14. The minimum absolute atomic E-state index is 0.0539. The lowest BCUT2D eigenvalue weighted by molar-refractivity contribution is 0.0931. The number of amides is 1. The number of aromatic nitrogens is 3. The third-order valence-corrected chi connectivity index (χ3v) is 6.30. The van der Waals surface area contributed by atoms with Gasteiger partial charge in [0.25, 0.3) is 5.91 Å². The molecule has 0 spiro atoms. The second kappa shape index (κ2) is 6.89. The molecule has 1 fully saturated rings. The van der Waals surface area contributed by atoms with Crippen LogP contribution in [-0.4, -0.2) is 39.8 Å². The predicted molar refractivity (Wildman–Crippen MR) is 105 cm³/mol. The Morgan fingerprint density at radius 1 is 1.35 bits per heavy atom. The van der Waals surface area contributed by atoms with Crippen LogP contribution in [-0.2, 0) is 7.05 Å². The number of anilines is 1. The molecule has 2 aromatic heterocycles. The van der Waals surface area contributed by atoms with Crippen LogP contribution in [0.3, 0.4) is 0 Å². The summed E-state index contributed by atoms with van der Waals surface area (Å²) in [6.45, 7) is 3.77. The summed E-state index contributed by atoms with van der Waals surface area (Å²) >= 11 is 7.91. The van der Waals surface area contributed by atoms with E-state index in [1.165, 1.54) is 0 Å². The number of halogens is 1. The van der Waals surface area contributed by atoms with E-state index in [-0.39, 0.29) is 11.9 Å². The highest BCUT2D eigenvalue weighted by molar-refractivity contribution is 7.22. The van der Waals surface area contributed by atoms with Crippen LogP contribution < -0.4 is 10.2 Å². The largest absolute Gasteiger partial charge is 0.349 e. The van der Waals surface area contributed by atoms with Gasteiger partial charge in [-0.15, -0.1) is 0 Å². The first-order chi connectivity index (χ1) is 12.5. The maximum atomic E-state index is 12.3. The van der Waals surface area contributed by atoms with Crippen molar-refractivity contribution in [3.8, 4) is 0 Å². The van der Waals surface area contributed by atoms with Crippen molar-refractivity contribution in [2.75, 3.05) is 18.0 Å². The minimum Gasteiger partial charge on any atom is -0.349 e. The quantitative estimate of drug-likeness (QED) is 0.745. The van der Waals surface area contributed by atoms with Crippen molar-refractivity contribution in [3.05, 3.63) is 40.7 Å². The molecule has 0 bridgehead atoms. The number of fused-ring (bicyclic) bond motifs is 1. The highest BCUT2D eigenvalue weighted by Crippen LogP contribution is 2.34. The van der Waals surface area contributed by atoms with E-state index in [2.05, 4.69) is 15.3 Å². The molecule has 6 nitrogen and oxygen atoms in total. The van der Waals surface area contributed by atoms with E-state index < -0.39 is 0 Å². The Kier molecular flexibility index (Phi) is 4.58. The Morgan fingerprint density at radius 3 is 2.81 bits per heavy atom. The van der Waals surface area contributed by atoms with Crippen molar-refractivity contribution in [2.45, 2.75) is 25.8 Å². The molecule has 1 aliphatic heterocycles. The fraction of sp³-hybridized carbons (Fsp3) is 0.389. The summed E-state index contributed by atoms with van der Waals surface area (Å²) in [5, 5.41) is 8.94. The fourth-order valence-electron chi connectivity index (χ4n) is 3.25. The number of thiazole rings is 1. The highest BCUT2D eigenvalue weighted by atomic mass is 35.5. The van der Waals surface area contributed by atoms with Crippen molar-refractivity contribution in [1.82, 2.24) is 20.1 Å². The van der Waals surface area contributed by atoms with Gasteiger partial charge < -0.3 is 10.2 Å². The molecule has 0 aliphatic carbocycles. The van der Waals surface area contributed by atoms with Gasteiger partial charge in [-0.05, 0) is 37.5 Å². The van der Waals surface area contributed by atoms with E-state index in [9.17, 15) is 4.79 Å². The smallest absolute Gasteiger partial charge is 0.254 e. The first-order valence-corrected chi connectivity index (χ1v) is 9.81. The van der Waals surface area contributed by atoms with Crippen LogP contribution in [0.1, 0.15) is 28.8 Å². The first-order valence-electron chi connectivity index (χ1n) is 8.61. The molecule has 0 saturated carbocycles. The normalized spacial score (nSPS) is 15.6. The Hall–Kier alpha value is -2.12. The molecule has 8 heteroatoms. The number of hydrogen-bond donors (Lipinski definition) is 1. The Morgan fingerprint density at radius 2 is 2.12 bits per heavy atom. The van der Waals surface area contributed by atoms with Crippen molar-refractivity contribution in [3.63, 3.8) is 0 Å². The average Bonchev–Trinajstić information content (AvgIpc) is 3.26. The lowest BCUT2D eigenvalue weighted by Crippen LogP contribution is -2.44. The molecular formula is C18H20ClN5OS. The molecule has 1 amide bonds. The summed E-state index contributed by atoms with van der Waals surface area (Å²) in [7, 11) is 1.81. The molecule has 1 saturated heterocycles. The summed E-state index contributed by atoms with van der Waals surface area (Å²) in [5.74, 6) is -0.0539. The zero-order chi connectivity index (χ0) is 18.3. The summed E-state index contributed by atoms with van der Waals surface area (Å²) < 4.78 is 2.80. The monoisotopic (exact) mass is 389 g/mol. The van der Waals surface area contributed by atoms with Gasteiger partial charge in [0.05, 0.1) is 22.0 Å². The molecule has 1 aromatic carbocycles. The summed E-state index contributed by atoms with van der Waals surface area (Å²) in [5.41, 5.74) is 2.63. The minimum atomic E-state index is -0.0539. The zero-order valence-corrected chi connectivity index (χ0v) is 16.3. The van der Waals surface area contributed by atoms with Crippen LogP contribution in [0, 0.1) is 6.92 Å². The van der Waals surface area contributed by atoms with E-state index in [0.29, 0.717) is 5.56 Å². The molecule has 3 aromatic rings. The molecule has 26 heavy (non-hydrogen) atoms. The number of rotatable bonds is 3. The number of carbonyl (C=O) groups excluding carboxylic acids is 1. The third-order valence-electron chi connectivity index (χ3n) is 4.80. The Balaban J connectivity index is 1.40. The lowest BCUT2D eigenvalue weighted by Gasteiger charge is -2.32. The number of hydrogen-bond acceptors (Lipinski definition) is 5. The molecule has 0 unspecified atom stereocenters. The second-order valence-electron chi connectivity index (χ2n) is 6.65. The SMILES string of the molecule is Cc1c(Cl)ccc2sc(N3CCC(NC(=O)c4cnn(C)c4)CC3)nc12. The van der Waals surface area contributed by atoms with E-state index in [1.54, 1.807) is 28.4 Å². The molecule has 1 aliphatic rings. The number of benzene rings is 1. The van der Waals surface area contributed by atoms with Gasteiger partial charge in [0.15, 0.2) is 5.13 Å². The van der Waals surface area contributed by atoms with Gasteiger partial charge in [0.1, 0.15) is 0 Å². The first kappa shape index (κ1) is 17.3. The number of nitrogens with one attached hydrogen (secondary N) is 1. The van der Waals surface area contributed by atoms with E-state index in [1.807, 2.05) is 26.1 Å². The Labute approximate surface area is 160 Å². The van der Waals surface area contributed by atoms with Crippen LogP contribution in [0.2, 0.25) is 5.02 Å². The van der Waals surface area contributed by atoms with Gasteiger partial charge in [-0.1, -0.05) is 22.9 Å². The summed E-state index contributed by atoms with van der Waals surface area (Å²) in [6, 6.07) is 4.15. The number of piperidine rings is 1. The average molecular weight is 390 g/mol. The van der Waals surface area contributed by atoms with Crippen molar-refractivity contribution in [1.29, 1.82) is 0 Å². The van der Waals surface area contributed by atoms with Crippen molar-refractivity contribution >= 4 is 44.2 Å². The van der Waals surface area contributed by atoms with E-state index in [0.717, 1.165) is 51.9 Å². The fourth-order valence-corrected chi connectivity index (χ4v) is 4.48. The molecule has 0 atom stereocenters. The number of carbonyl (C=O) groups is 1. The molecule has 4 rings (SSSR count). The van der Waals surface area contributed by atoms with Gasteiger partial charge in [0.2, 0.25) is 0 Å². The number of aryl methyl sites for hydroxylation is 2. The van der Waals surface area contributed by atoms with E-state index in [4.69, 9.17) is 16.6 Å². The van der Waals surface area contributed by atoms with Crippen molar-refractivity contribution < 1.29 is 4.79 Å². The lowest BCUT2D eigenvalue weighted by atomic mass is 10.1. The van der Waals surface area contributed by atoms with E-state index >= 15 is 0 Å². The van der Waals surface area contributed by atoms with Crippen LogP contribution in [0.4, 0.5) is 5.13 Å².